The van der Waals surface area contributed by atoms with Crippen LogP contribution in [0.4, 0.5) is 0 Å². The maximum Gasteiger partial charge on any atom is 0.0621 e. The lowest BCUT2D eigenvalue weighted by atomic mass is 10.2. The molecule has 0 saturated heterocycles. The molecule has 2 heteroatoms. The van der Waals surface area contributed by atoms with E-state index in [0.29, 0.717) is 12.0 Å². The minimum absolute atomic E-state index is 0.465. The van der Waals surface area contributed by atoms with Gasteiger partial charge in [0.15, 0.2) is 0 Å². The molecule has 62 valence electrons. The number of nitrogens with zero attached hydrogens (tertiary/aromatic N) is 1. The van der Waals surface area contributed by atoms with Crippen LogP contribution in [0.1, 0.15) is 39.0 Å². The first-order valence-corrected chi connectivity index (χ1v) is 4.39. The van der Waals surface area contributed by atoms with Crippen LogP contribution < -0.4 is 5.32 Å². The zero-order valence-corrected chi connectivity index (χ0v) is 7.19. The summed E-state index contributed by atoms with van der Waals surface area (Å²) in [6, 6.07) is 2.15. The fourth-order valence-electron chi connectivity index (χ4n) is 1.08. The Hall–Kier alpha value is -0.550. The predicted octanol–water partition coefficient (Wildman–Crippen LogP) is 1.82. The Balaban J connectivity index is 1.85. The minimum atomic E-state index is 0.465. The summed E-state index contributed by atoms with van der Waals surface area (Å²) in [4.78, 5) is 0. The molecule has 1 N–H and O–H groups in total. The third-order valence-corrected chi connectivity index (χ3v) is 2.27. The van der Waals surface area contributed by atoms with Crippen molar-refractivity contribution in [2.24, 2.45) is 0 Å². The number of nitrogens with one attached hydrogen (secondary N) is 1. The number of unbranched alkanes of at least 4 members (excludes halogenated alkanes) is 2. The van der Waals surface area contributed by atoms with Gasteiger partial charge in [0.1, 0.15) is 0 Å². The van der Waals surface area contributed by atoms with E-state index in [1.807, 2.05) is 0 Å². The van der Waals surface area contributed by atoms with Crippen molar-refractivity contribution in [3.8, 4) is 6.07 Å². The first-order valence-electron chi connectivity index (χ1n) is 4.39. The van der Waals surface area contributed by atoms with E-state index in [1.54, 1.807) is 0 Å². The summed E-state index contributed by atoms with van der Waals surface area (Å²) in [6.07, 6.45) is 5.54. The molecule has 0 aromatic carbocycles. The quantitative estimate of drug-likeness (QED) is 0.610. The molecule has 1 saturated carbocycles. The van der Waals surface area contributed by atoms with E-state index >= 15 is 0 Å². The summed E-state index contributed by atoms with van der Waals surface area (Å²) in [5.74, 6) is 0. The second-order valence-corrected chi connectivity index (χ2v) is 3.60. The van der Waals surface area contributed by atoms with Gasteiger partial charge in [-0.15, -0.1) is 0 Å². The van der Waals surface area contributed by atoms with Crippen LogP contribution in [0.3, 0.4) is 0 Å². The summed E-state index contributed by atoms with van der Waals surface area (Å²) in [5, 5.41) is 11.7. The monoisotopic (exact) mass is 152 g/mol. The molecule has 0 heterocycles. The predicted molar refractivity (Wildman–Crippen MR) is 45.1 cm³/mol. The highest BCUT2D eigenvalue weighted by molar-refractivity contribution is 4.97. The maximum atomic E-state index is 8.27. The zero-order chi connectivity index (χ0) is 8.16. The molecule has 0 unspecified atom stereocenters. The molecule has 0 bridgehead atoms. The molecule has 0 atom stereocenters. The molecule has 0 aromatic rings. The normalized spacial score (nSPS) is 19.3. The van der Waals surface area contributed by atoms with Crippen LogP contribution in [-0.4, -0.2) is 12.1 Å². The van der Waals surface area contributed by atoms with E-state index in [1.165, 1.54) is 12.8 Å². The van der Waals surface area contributed by atoms with E-state index in [4.69, 9.17) is 5.26 Å². The first-order chi connectivity index (χ1) is 5.27. The number of rotatable bonds is 5. The summed E-state index contributed by atoms with van der Waals surface area (Å²) in [6.45, 7) is 3.34. The van der Waals surface area contributed by atoms with Gasteiger partial charge in [0.25, 0.3) is 0 Å². The highest BCUT2D eigenvalue weighted by atomic mass is 15.0. The standard InChI is InChI=1S/C9H16N2/c1-9(5-6-9)11-8-4-2-3-7-10/h11H,2-6,8H2,1H3. The molecule has 0 radical (unpaired) electrons. The van der Waals surface area contributed by atoms with Gasteiger partial charge >= 0.3 is 0 Å². The van der Waals surface area contributed by atoms with Crippen LogP contribution in [-0.2, 0) is 0 Å². The molecule has 1 rings (SSSR count). The second kappa shape index (κ2) is 3.73. The van der Waals surface area contributed by atoms with Gasteiger partial charge in [-0.05, 0) is 39.2 Å². The summed E-state index contributed by atoms with van der Waals surface area (Å²) >= 11 is 0. The molecule has 0 aromatic heterocycles. The van der Waals surface area contributed by atoms with E-state index in [2.05, 4.69) is 18.3 Å². The first kappa shape index (κ1) is 8.55. The van der Waals surface area contributed by atoms with E-state index in [9.17, 15) is 0 Å². The van der Waals surface area contributed by atoms with Gasteiger partial charge in [-0.25, -0.2) is 0 Å². The van der Waals surface area contributed by atoms with Crippen molar-refractivity contribution in [2.45, 2.75) is 44.6 Å². The highest BCUT2D eigenvalue weighted by Crippen LogP contribution is 2.33. The van der Waals surface area contributed by atoms with Crippen LogP contribution >= 0.6 is 0 Å². The Morgan fingerprint density at radius 1 is 1.45 bits per heavy atom. The summed E-state index contributed by atoms with van der Waals surface area (Å²) < 4.78 is 0. The molecule has 2 nitrogen and oxygen atoms in total. The summed E-state index contributed by atoms with van der Waals surface area (Å²) in [5.41, 5.74) is 0.465. The van der Waals surface area contributed by atoms with Gasteiger partial charge in [-0.3, -0.25) is 0 Å². The Kier molecular flexibility index (Phi) is 2.90. The van der Waals surface area contributed by atoms with Crippen LogP contribution in [0.2, 0.25) is 0 Å². The Bertz CT molecular complexity index is 153. The van der Waals surface area contributed by atoms with Crippen molar-refractivity contribution in [1.29, 1.82) is 5.26 Å². The molecule has 0 amide bonds. The largest absolute Gasteiger partial charge is 0.312 e. The topological polar surface area (TPSA) is 35.8 Å². The minimum Gasteiger partial charge on any atom is -0.312 e. The highest BCUT2D eigenvalue weighted by Gasteiger charge is 2.35. The van der Waals surface area contributed by atoms with E-state index < -0.39 is 0 Å². The third-order valence-electron chi connectivity index (χ3n) is 2.27. The SMILES string of the molecule is CC1(NCCCCC#N)CC1. The van der Waals surface area contributed by atoms with Gasteiger partial charge < -0.3 is 5.32 Å². The van der Waals surface area contributed by atoms with Crippen molar-refractivity contribution in [3.63, 3.8) is 0 Å². The van der Waals surface area contributed by atoms with E-state index in [0.717, 1.165) is 19.4 Å². The van der Waals surface area contributed by atoms with Crippen molar-refractivity contribution in [2.75, 3.05) is 6.54 Å². The molecular formula is C9H16N2. The fourth-order valence-corrected chi connectivity index (χ4v) is 1.08. The fraction of sp³-hybridized carbons (Fsp3) is 0.889. The molecule has 1 aliphatic rings. The Labute approximate surface area is 68.6 Å². The molecule has 0 aliphatic heterocycles. The van der Waals surface area contributed by atoms with Crippen molar-refractivity contribution in [1.82, 2.24) is 5.32 Å². The average Bonchev–Trinajstić information content (AvgIpc) is 2.69. The average molecular weight is 152 g/mol. The lowest BCUT2D eigenvalue weighted by Crippen LogP contribution is -2.28. The summed E-state index contributed by atoms with van der Waals surface area (Å²) in [7, 11) is 0. The molecule has 0 spiro atoms. The van der Waals surface area contributed by atoms with Crippen molar-refractivity contribution in [3.05, 3.63) is 0 Å². The van der Waals surface area contributed by atoms with Crippen LogP contribution in [0.15, 0.2) is 0 Å². The van der Waals surface area contributed by atoms with Crippen LogP contribution in [0, 0.1) is 11.3 Å². The van der Waals surface area contributed by atoms with Gasteiger partial charge in [-0.2, -0.15) is 5.26 Å². The van der Waals surface area contributed by atoms with E-state index in [-0.39, 0.29) is 0 Å². The number of hydrogen-bond acceptors (Lipinski definition) is 2. The van der Waals surface area contributed by atoms with Crippen molar-refractivity contribution >= 4 is 0 Å². The lowest BCUT2D eigenvalue weighted by molar-refractivity contribution is 0.519. The number of nitriles is 1. The molecule has 1 aliphatic carbocycles. The zero-order valence-electron chi connectivity index (χ0n) is 7.19. The van der Waals surface area contributed by atoms with Gasteiger partial charge in [0.05, 0.1) is 6.07 Å². The van der Waals surface area contributed by atoms with Gasteiger partial charge in [-0.1, -0.05) is 0 Å². The van der Waals surface area contributed by atoms with Gasteiger partial charge in [0.2, 0.25) is 0 Å². The molecule has 1 fully saturated rings. The van der Waals surface area contributed by atoms with Crippen LogP contribution in [0.5, 0.6) is 0 Å². The third kappa shape index (κ3) is 3.38. The Morgan fingerprint density at radius 2 is 2.18 bits per heavy atom. The molecular weight excluding hydrogens is 136 g/mol. The smallest absolute Gasteiger partial charge is 0.0621 e. The van der Waals surface area contributed by atoms with Crippen LogP contribution in [0.25, 0.3) is 0 Å². The second-order valence-electron chi connectivity index (χ2n) is 3.60. The lowest BCUT2D eigenvalue weighted by Gasteiger charge is -2.09. The maximum absolute atomic E-state index is 8.27. The Morgan fingerprint density at radius 3 is 2.73 bits per heavy atom. The van der Waals surface area contributed by atoms with Gasteiger partial charge in [0, 0.05) is 12.0 Å². The van der Waals surface area contributed by atoms with Crippen molar-refractivity contribution < 1.29 is 0 Å². The number of hydrogen-bond donors (Lipinski definition) is 1. The molecule has 11 heavy (non-hydrogen) atoms.